The van der Waals surface area contributed by atoms with Gasteiger partial charge in [-0.2, -0.15) is 0 Å². The number of aryl methyl sites for hydroxylation is 1. The second-order valence-electron chi connectivity index (χ2n) is 3.75. The summed E-state index contributed by atoms with van der Waals surface area (Å²) < 4.78 is 19.2. The molecular formula is C14H13FO2. The van der Waals surface area contributed by atoms with Crippen LogP contribution in [0.5, 0.6) is 11.5 Å². The molecule has 2 aromatic rings. The van der Waals surface area contributed by atoms with Gasteiger partial charge in [0, 0.05) is 5.56 Å². The Kier molecular flexibility index (Phi) is 3.40. The van der Waals surface area contributed by atoms with Crippen LogP contribution in [0, 0.1) is 12.7 Å². The van der Waals surface area contributed by atoms with Crippen LogP contribution in [0.3, 0.4) is 0 Å². The molecule has 0 bridgehead atoms. The van der Waals surface area contributed by atoms with Gasteiger partial charge in [0.15, 0.2) is 11.6 Å². The average Bonchev–Trinajstić information content (AvgIpc) is 2.35. The standard InChI is InChI=1S/C14H13FO2/c1-10-5-4-8-13(14(10)15)17-12-7-3-2-6-11(12)9-16/h2-8,16H,9H2,1H3. The summed E-state index contributed by atoms with van der Waals surface area (Å²) >= 11 is 0. The molecule has 0 atom stereocenters. The third-order valence-corrected chi connectivity index (χ3v) is 2.52. The van der Waals surface area contributed by atoms with Gasteiger partial charge >= 0.3 is 0 Å². The van der Waals surface area contributed by atoms with Crippen LogP contribution in [-0.4, -0.2) is 5.11 Å². The van der Waals surface area contributed by atoms with E-state index >= 15 is 0 Å². The Balaban J connectivity index is 2.35. The lowest BCUT2D eigenvalue weighted by Gasteiger charge is -2.10. The molecule has 0 amide bonds. The normalized spacial score (nSPS) is 10.3. The lowest BCUT2D eigenvalue weighted by molar-refractivity contribution is 0.276. The molecule has 0 aliphatic rings. The first-order valence-electron chi connectivity index (χ1n) is 5.34. The molecular weight excluding hydrogens is 219 g/mol. The fourth-order valence-electron chi connectivity index (χ4n) is 1.55. The maximum atomic E-state index is 13.7. The van der Waals surface area contributed by atoms with E-state index in [4.69, 9.17) is 9.84 Å². The molecule has 0 aliphatic heterocycles. The van der Waals surface area contributed by atoms with E-state index in [1.54, 1.807) is 49.4 Å². The Bertz CT molecular complexity index is 523. The van der Waals surface area contributed by atoms with E-state index in [9.17, 15) is 4.39 Å². The highest BCUT2D eigenvalue weighted by atomic mass is 19.1. The predicted molar refractivity (Wildman–Crippen MR) is 63.6 cm³/mol. The van der Waals surface area contributed by atoms with Crippen molar-refractivity contribution in [2.75, 3.05) is 0 Å². The first-order valence-corrected chi connectivity index (χ1v) is 5.34. The summed E-state index contributed by atoms with van der Waals surface area (Å²) in [6, 6.07) is 12.0. The van der Waals surface area contributed by atoms with Crippen molar-refractivity contribution in [1.29, 1.82) is 0 Å². The molecule has 0 fully saturated rings. The number of para-hydroxylation sites is 1. The first kappa shape index (κ1) is 11.6. The number of benzene rings is 2. The van der Waals surface area contributed by atoms with Crippen molar-refractivity contribution in [3.8, 4) is 11.5 Å². The summed E-state index contributed by atoms with van der Waals surface area (Å²) in [5.74, 6) is 0.269. The van der Waals surface area contributed by atoms with Crippen LogP contribution in [0.2, 0.25) is 0 Å². The summed E-state index contributed by atoms with van der Waals surface area (Å²) in [6.45, 7) is 1.55. The molecule has 0 saturated carbocycles. The van der Waals surface area contributed by atoms with Crippen LogP contribution in [-0.2, 0) is 6.61 Å². The van der Waals surface area contributed by atoms with Gasteiger partial charge in [-0.05, 0) is 24.6 Å². The molecule has 17 heavy (non-hydrogen) atoms. The topological polar surface area (TPSA) is 29.5 Å². The Morgan fingerprint density at radius 2 is 1.76 bits per heavy atom. The summed E-state index contributed by atoms with van der Waals surface area (Å²) in [7, 11) is 0. The van der Waals surface area contributed by atoms with Crippen molar-refractivity contribution in [1.82, 2.24) is 0 Å². The van der Waals surface area contributed by atoms with Crippen molar-refractivity contribution in [3.05, 3.63) is 59.4 Å². The van der Waals surface area contributed by atoms with Gasteiger partial charge in [-0.3, -0.25) is 0 Å². The molecule has 0 aliphatic carbocycles. The Morgan fingerprint density at radius 3 is 2.53 bits per heavy atom. The third-order valence-electron chi connectivity index (χ3n) is 2.52. The van der Waals surface area contributed by atoms with Gasteiger partial charge in [0.25, 0.3) is 0 Å². The van der Waals surface area contributed by atoms with Crippen molar-refractivity contribution in [2.45, 2.75) is 13.5 Å². The number of hydrogen-bond acceptors (Lipinski definition) is 2. The van der Waals surface area contributed by atoms with Gasteiger partial charge in [0.2, 0.25) is 0 Å². The zero-order chi connectivity index (χ0) is 12.3. The third kappa shape index (κ3) is 2.45. The Morgan fingerprint density at radius 1 is 1.06 bits per heavy atom. The predicted octanol–water partition coefficient (Wildman–Crippen LogP) is 3.42. The summed E-state index contributed by atoms with van der Waals surface area (Å²) in [5.41, 5.74) is 1.16. The summed E-state index contributed by atoms with van der Waals surface area (Å²) in [5, 5.41) is 9.15. The van der Waals surface area contributed by atoms with Gasteiger partial charge in [-0.15, -0.1) is 0 Å². The largest absolute Gasteiger partial charge is 0.454 e. The second-order valence-corrected chi connectivity index (χ2v) is 3.75. The maximum Gasteiger partial charge on any atom is 0.168 e. The number of halogens is 1. The fourth-order valence-corrected chi connectivity index (χ4v) is 1.55. The van der Waals surface area contributed by atoms with Gasteiger partial charge in [0.05, 0.1) is 6.61 Å². The Labute approximate surface area is 99.3 Å². The zero-order valence-electron chi connectivity index (χ0n) is 9.48. The molecule has 0 radical (unpaired) electrons. The first-order chi connectivity index (χ1) is 8.22. The van der Waals surface area contributed by atoms with Gasteiger partial charge in [-0.1, -0.05) is 30.3 Å². The smallest absolute Gasteiger partial charge is 0.168 e. The monoisotopic (exact) mass is 232 g/mol. The fraction of sp³-hybridized carbons (Fsp3) is 0.143. The molecule has 3 heteroatoms. The van der Waals surface area contributed by atoms with Crippen LogP contribution in [0.25, 0.3) is 0 Å². The molecule has 1 N–H and O–H groups in total. The average molecular weight is 232 g/mol. The molecule has 2 aromatic carbocycles. The number of aliphatic hydroxyl groups excluding tert-OH is 1. The van der Waals surface area contributed by atoms with Crippen molar-refractivity contribution in [2.24, 2.45) is 0 Å². The van der Waals surface area contributed by atoms with E-state index in [1.165, 1.54) is 0 Å². The van der Waals surface area contributed by atoms with E-state index < -0.39 is 0 Å². The second kappa shape index (κ2) is 4.97. The lowest BCUT2D eigenvalue weighted by atomic mass is 10.2. The van der Waals surface area contributed by atoms with Crippen LogP contribution in [0.4, 0.5) is 4.39 Å². The molecule has 0 heterocycles. The molecule has 0 aromatic heterocycles. The van der Waals surface area contributed by atoms with E-state index in [1.807, 2.05) is 0 Å². The minimum Gasteiger partial charge on any atom is -0.454 e. The van der Waals surface area contributed by atoms with Crippen LogP contribution in [0.1, 0.15) is 11.1 Å². The number of hydrogen-bond donors (Lipinski definition) is 1. The molecule has 0 spiro atoms. The van der Waals surface area contributed by atoms with Crippen LogP contribution in [0.15, 0.2) is 42.5 Å². The van der Waals surface area contributed by atoms with Gasteiger partial charge in [0.1, 0.15) is 5.75 Å². The minimum absolute atomic E-state index is 0.135. The van der Waals surface area contributed by atoms with Crippen molar-refractivity contribution >= 4 is 0 Å². The van der Waals surface area contributed by atoms with Crippen molar-refractivity contribution < 1.29 is 14.2 Å². The van der Waals surface area contributed by atoms with Crippen LogP contribution < -0.4 is 4.74 Å². The molecule has 88 valence electrons. The van der Waals surface area contributed by atoms with Gasteiger partial charge < -0.3 is 9.84 Å². The quantitative estimate of drug-likeness (QED) is 0.878. The number of ether oxygens (including phenoxy) is 1. The molecule has 0 saturated heterocycles. The van der Waals surface area contributed by atoms with E-state index in [0.717, 1.165) is 0 Å². The summed E-state index contributed by atoms with van der Waals surface area (Å²) in [6.07, 6.45) is 0. The van der Waals surface area contributed by atoms with Gasteiger partial charge in [-0.25, -0.2) is 4.39 Å². The highest BCUT2D eigenvalue weighted by Crippen LogP contribution is 2.28. The van der Waals surface area contributed by atoms with E-state index in [2.05, 4.69) is 0 Å². The molecule has 0 unspecified atom stereocenters. The lowest BCUT2D eigenvalue weighted by Crippen LogP contribution is -1.94. The minimum atomic E-state index is -0.375. The molecule has 2 nitrogen and oxygen atoms in total. The maximum absolute atomic E-state index is 13.7. The van der Waals surface area contributed by atoms with E-state index in [-0.39, 0.29) is 18.2 Å². The molecule has 2 rings (SSSR count). The van der Waals surface area contributed by atoms with E-state index in [0.29, 0.717) is 16.9 Å². The SMILES string of the molecule is Cc1cccc(Oc2ccccc2CO)c1F. The van der Waals surface area contributed by atoms with Crippen LogP contribution >= 0.6 is 0 Å². The highest BCUT2D eigenvalue weighted by molar-refractivity contribution is 5.39. The number of aliphatic hydroxyl groups is 1. The number of rotatable bonds is 3. The zero-order valence-corrected chi connectivity index (χ0v) is 9.48. The summed E-state index contributed by atoms with van der Waals surface area (Å²) in [4.78, 5) is 0. The highest BCUT2D eigenvalue weighted by Gasteiger charge is 2.09. The van der Waals surface area contributed by atoms with Crippen molar-refractivity contribution in [3.63, 3.8) is 0 Å². The Hall–Kier alpha value is -1.87.